The Bertz CT molecular complexity index is 478. The van der Waals surface area contributed by atoms with Crippen LogP contribution in [0.25, 0.3) is 5.52 Å². The minimum absolute atomic E-state index is 0.783. The van der Waals surface area contributed by atoms with E-state index < -0.39 is 0 Å². The van der Waals surface area contributed by atoms with Crippen molar-refractivity contribution < 1.29 is 0 Å². The molecule has 2 aromatic heterocycles. The molecule has 15 heavy (non-hydrogen) atoms. The molecular weight excluding hydrogens is 184 g/mol. The molecular formula is C13H16N2. The summed E-state index contributed by atoms with van der Waals surface area (Å²) < 4.78 is 2.14. The van der Waals surface area contributed by atoms with E-state index in [1.54, 1.807) is 0 Å². The SMILES string of the molecule is Nc1ccc2cc(C3CCCC3)cn2c1. The summed E-state index contributed by atoms with van der Waals surface area (Å²) in [6, 6.07) is 6.36. The van der Waals surface area contributed by atoms with Crippen molar-refractivity contribution in [3.8, 4) is 0 Å². The molecule has 1 saturated carbocycles. The van der Waals surface area contributed by atoms with Crippen LogP contribution in [0.4, 0.5) is 5.69 Å². The molecule has 2 nitrogen and oxygen atoms in total. The highest BCUT2D eigenvalue weighted by Crippen LogP contribution is 2.35. The summed E-state index contributed by atoms with van der Waals surface area (Å²) in [5.74, 6) is 0.783. The van der Waals surface area contributed by atoms with Gasteiger partial charge in [-0.15, -0.1) is 0 Å². The first-order valence-corrected chi connectivity index (χ1v) is 5.70. The molecule has 78 valence electrons. The Kier molecular flexibility index (Phi) is 1.94. The van der Waals surface area contributed by atoms with Crippen LogP contribution in [0.5, 0.6) is 0 Å². The summed E-state index contributed by atoms with van der Waals surface area (Å²) >= 11 is 0. The summed E-state index contributed by atoms with van der Waals surface area (Å²) in [5.41, 5.74) is 9.34. The molecule has 0 aliphatic heterocycles. The van der Waals surface area contributed by atoms with E-state index in [4.69, 9.17) is 5.73 Å². The first-order valence-electron chi connectivity index (χ1n) is 5.70. The molecule has 0 bridgehead atoms. The van der Waals surface area contributed by atoms with Crippen LogP contribution >= 0.6 is 0 Å². The van der Waals surface area contributed by atoms with Gasteiger partial charge >= 0.3 is 0 Å². The van der Waals surface area contributed by atoms with E-state index in [-0.39, 0.29) is 0 Å². The van der Waals surface area contributed by atoms with Crippen LogP contribution in [0.2, 0.25) is 0 Å². The minimum Gasteiger partial charge on any atom is -0.398 e. The second-order valence-electron chi connectivity index (χ2n) is 4.55. The van der Waals surface area contributed by atoms with Gasteiger partial charge in [-0.2, -0.15) is 0 Å². The van der Waals surface area contributed by atoms with Gasteiger partial charge < -0.3 is 10.1 Å². The van der Waals surface area contributed by atoms with Crippen molar-refractivity contribution in [1.82, 2.24) is 4.40 Å². The van der Waals surface area contributed by atoms with Gasteiger partial charge in [-0.25, -0.2) is 0 Å². The molecule has 1 fully saturated rings. The monoisotopic (exact) mass is 200 g/mol. The third-order valence-corrected chi connectivity index (χ3v) is 3.46. The average molecular weight is 200 g/mol. The lowest BCUT2D eigenvalue weighted by Gasteiger charge is -2.03. The van der Waals surface area contributed by atoms with Gasteiger partial charge in [0.2, 0.25) is 0 Å². The molecule has 0 aromatic carbocycles. The third-order valence-electron chi connectivity index (χ3n) is 3.46. The molecule has 2 heteroatoms. The number of nitrogen functional groups attached to an aromatic ring is 1. The van der Waals surface area contributed by atoms with Crippen molar-refractivity contribution in [2.24, 2.45) is 0 Å². The zero-order valence-corrected chi connectivity index (χ0v) is 8.82. The first kappa shape index (κ1) is 8.84. The van der Waals surface area contributed by atoms with E-state index in [0.29, 0.717) is 0 Å². The summed E-state index contributed by atoms with van der Waals surface area (Å²) in [6.07, 6.45) is 9.71. The highest BCUT2D eigenvalue weighted by Gasteiger charge is 2.18. The summed E-state index contributed by atoms with van der Waals surface area (Å²) in [7, 11) is 0. The molecule has 2 N–H and O–H groups in total. The van der Waals surface area contributed by atoms with Crippen LogP contribution in [-0.2, 0) is 0 Å². The zero-order valence-electron chi connectivity index (χ0n) is 8.82. The fourth-order valence-electron chi connectivity index (χ4n) is 2.63. The zero-order chi connectivity index (χ0) is 10.3. The van der Waals surface area contributed by atoms with Crippen LogP contribution in [0, 0.1) is 0 Å². The summed E-state index contributed by atoms with van der Waals surface area (Å²) in [6.45, 7) is 0. The predicted molar refractivity (Wildman–Crippen MR) is 63.0 cm³/mol. The van der Waals surface area contributed by atoms with Crippen molar-refractivity contribution in [3.05, 3.63) is 36.2 Å². The van der Waals surface area contributed by atoms with E-state index in [0.717, 1.165) is 11.6 Å². The lowest BCUT2D eigenvalue weighted by molar-refractivity contribution is 0.723. The van der Waals surface area contributed by atoms with E-state index in [9.17, 15) is 0 Å². The Morgan fingerprint density at radius 1 is 1.13 bits per heavy atom. The lowest BCUT2D eigenvalue weighted by Crippen LogP contribution is -1.89. The standard InChI is InChI=1S/C13H16N2/c14-12-5-6-13-7-11(8-15(13)9-12)10-3-1-2-4-10/h5-10H,1-4,14H2. The third kappa shape index (κ3) is 1.50. The summed E-state index contributed by atoms with van der Waals surface area (Å²) in [4.78, 5) is 0. The van der Waals surface area contributed by atoms with Crippen molar-refractivity contribution in [2.75, 3.05) is 5.73 Å². The molecule has 2 aromatic rings. The maximum absolute atomic E-state index is 5.77. The van der Waals surface area contributed by atoms with E-state index in [1.807, 2.05) is 12.3 Å². The fraction of sp³-hybridized carbons (Fsp3) is 0.385. The molecule has 0 radical (unpaired) electrons. The molecule has 2 heterocycles. The Balaban J connectivity index is 2.05. The van der Waals surface area contributed by atoms with Gasteiger partial charge in [0.25, 0.3) is 0 Å². The van der Waals surface area contributed by atoms with Gasteiger partial charge in [-0.05, 0) is 42.5 Å². The quantitative estimate of drug-likeness (QED) is 0.753. The van der Waals surface area contributed by atoms with Crippen molar-refractivity contribution >= 4 is 11.2 Å². The number of nitrogens with two attached hydrogens (primary N) is 1. The topological polar surface area (TPSA) is 30.4 Å². The maximum atomic E-state index is 5.77. The van der Waals surface area contributed by atoms with Crippen LogP contribution in [0.3, 0.4) is 0 Å². The van der Waals surface area contributed by atoms with Crippen LogP contribution in [0.1, 0.15) is 37.2 Å². The number of hydrogen-bond acceptors (Lipinski definition) is 1. The van der Waals surface area contributed by atoms with Gasteiger partial charge in [0.05, 0.1) is 0 Å². The minimum atomic E-state index is 0.783. The van der Waals surface area contributed by atoms with Gasteiger partial charge in [0, 0.05) is 23.6 Å². The smallest absolute Gasteiger partial charge is 0.0483 e. The van der Waals surface area contributed by atoms with Gasteiger partial charge in [-0.1, -0.05) is 12.8 Å². The molecule has 0 spiro atoms. The highest BCUT2D eigenvalue weighted by molar-refractivity contribution is 5.55. The Hall–Kier alpha value is -1.44. The lowest BCUT2D eigenvalue weighted by atomic mass is 10.0. The second kappa shape index (κ2) is 3.30. The van der Waals surface area contributed by atoms with E-state index in [1.165, 1.54) is 36.8 Å². The number of pyridine rings is 1. The van der Waals surface area contributed by atoms with Gasteiger partial charge in [-0.3, -0.25) is 0 Å². The molecule has 0 saturated heterocycles. The van der Waals surface area contributed by atoms with Crippen molar-refractivity contribution in [3.63, 3.8) is 0 Å². The second-order valence-corrected chi connectivity index (χ2v) is 4.55. The Morgan fingerprint density at radius 2 is 1.93 bits per heavy atom. The number of fused-ring (bicyclic) bond motifs is 1. The fourth-order valence-corrected chi connectivity index (χ4v) is 2.63. The predicted octanol–water partition coefficient (Wildman–Crippen LogP) is 3.18. The highest BCUT2D eigenvalue weighted by atomic mass is 14.9. The summed E-state index contributed by atoms with van der Waals surface area (Å²) in [5, 5.41) is 0. The molecule has 0 amide bonds. The number of rotatable bonds is 1. The number of anilines is 1. The molecule has 1 aliphatic carbocycles. The van der Waals surface area contributed by atoms with E-state index >= 15 is 0 Å². The molecule has 1 aliphatic rings. The molecule has 0 atom stereocenters. The number of aromatic nitrogens is 1. The van der Waals surface area contributed by atoms with Crippen molar-refractivity contribution in [1.29, 1.82) is 0 Å². The average Bonchev–Trinajstić information content (AvgIpc) is 2.84. The Labute approximate surface area is 89.7 Å². The van der Waals surface area contributed by atoms with E-state index in [2.05, 4.69) is 22.7 Å². The maximum Gasteiger partial charge on any atom is 0.0483 e. The van der Waals surface area contributed by atoms with Crippen molar-refractivity contribution in [2.45, 2.75) is 31.6 Å². The van der Waals surface area contributed by atoms with Crippen LogP contribution < -0.4 is 5.73 Å². The normalized spacial score (nSPS) is 17.6. The molecule has 3 rings (SSSR count). The molecule has 0 unspecified atom stereocenters. The van der Waals surface area contributed by atoms with Gasteiger partial charge in [0.1, 0.15) is 0 Å². The first-order chi connectivity index (χ1) is 7.33. The van der Waals surface area contributed by atoms with Crippen LogP contribution in [-0.4, -0.2) is 4.40 Å². The van der Waals surface area contributed by atoms with Crippen LogP contribution in [0.15, 0.2) is 30.6 Å². The van der Waals surface area contributed by atoms with Gasteiger partial charge in [0.15, 0.2) is 0 Å². The number of hydrogen-bond donors (Lipinski definition) is 1. The largest absolute Gasteiger partial charge is 0.398 e. The Morgan fingerprint density at radius 3 is 2.73 bits per heavy atom. The number of nitrogens with zero attached hydrogens (tertiary/aromatic N) is 1.